The van der Waals surface area contributed by atoms with Crippen LogP contribution in [0.5, 0.6) is 0 Å². The van der Waals surface area contributed by atoms with Crippen molar-refractivity contribution >= 4 is 17.9 Å². The fraction of sp³-hybridized carbons (Fsp3) is 0.300. The first-order chi connectivity index (χ1) is 9.69. The van der Waals surface area contributed by atoms with Gasteiger partial charge in [-0.25, -0.2) is 9.48 Å². The van der Waals surface area contributed by atoms with Crippen LogP contribution in [0.25, 0.3) is 5.95 Å². The molecule has 106 valence electrons. The van der Waals surface area contributed by atoms with E-state index >= 15 is 0 Å². The lowest BCUT2D eigenvalue weighted by Crippen LogP contribution is -2.33. The molecule has 0 aliphatic rings. The molecule has 5 N–H and O–H groups in total. The van der Waals surface area contributed by atoms with Crippen molar-refractivity contribution in [1.29, 1.82) is 0 Å². The van der Waals surface area contributed by atoms with Gasteiger partial charge in [-0.2, -0.15) is 20.1 Å². The minimum atomic E-state index is -0.574. The third-order valence-corrected chi connectivity index (χ3v) is 2.26. The quantitative estimate of drug-likeness (QED) is 0.506. The van der Waals surface area contributed by atoms with Gasteiger partial charge in [-0.1, -0.05) is 0 Å². The number of nitrogens with two attached hydrogens (primary N) is 1. The van der Waals surface area contributed by atoms with Crippen molar-refractivity contribution in [2.45, 2.75) is 0 Å². The number of carbonyl (C=O) groups is 1. The molecule has 10 nitrogen and oxygen atoms in total. The summed E-state index contributed by atoms with van der Waals surface area (Å²) in [6.07, 6.45) is 3.36. The minimum absolute atomic E-state index is 0.368. The van der Waals surface area contributed by atoms with Crippen LogP contribution in [0, 0.1) is 0 Å². The zero-order chi connectivity index (χ0) is 14.4. The summed E-state index contributed by atoms with van der Waals surface area (Å²) in [5.74, 6) is 1.18. The maximum absolute atomic E-state index is 10.5. The molecule has 0 radical (unpaired) electrons. The van der Waals surface area contributed by atoms with Gasteiger partial charge in [0, 0.05) is 32.5 Å². The van der Waals surface area contributed by atoms with E-state index < -0.39 is 6.03 Å². The number of primary amides is 1. The first-order valence-corrected chi connectivity index (χ1v) is 5.90. The summed E-state index contributed by atoms with van der Waals surface area (Å²) in [5.41, 5.74) is 4.97. The molecular formula is C10H15N9O. The second-order valence-electron chi connectivity index (χ2n) is 3.70. The van der Waals surface area contributed by atoms with Crippen LogP contribution in [0.2, 0.25) is 0 Å². The Kier molecular flexibility index (Phi) is 4.27. The zero-order valence-corrected chi connectivity index (χ0v) is 10.9. The summed E-state index contributed by atoms with van der Waals surface area (Å²) in [4.78, 5) is 23.1. The van der Waals surface area contributed by atoms with Crippen LogP contribution in [0.4, 0.5) is 16.7 Å². The van der Waals surface area contributed by atoms with Crippen LogP contribution in [0.1, 0.15) is 0 Å². The summed E-state index contributed by atoms with van der Waals surface area (Å²) in [6, 6.07) is 1.20. The molecule has 0 aromatic carbocycles. The monoisotopic (exact) mass is 277 g/mol. The molecule has 0 atom stereocenters. The Balaban J connectivity index is 2.08. The molecule has 0 saturated carbocycles. The molecule has 2 rings (SSSR count). The lowest BCUT2D eigenvalue weighted by atomic mass is 10.6. The van der Waals surface area contributed by atoms with Crippen LogP contribution >= 0.6 is 0 Å². The van der Waals surface area contributed by atoms with Crippen molar-refractivity contribution in [2.75, 3.05) is 30.8 Å². The Hall–Kier alpha value is -2.91. The molecule has 10 heteroatoms. The summed E-state index contributed by atoms with van der Waals surface area (Å²) < 4.78 is 1.52. The SMILES string of the molecule is CNc1nc(NCCNC(N)=O)nc(-n2cccn2)n1. The fourth-order valence-electron chi connectivity index (χ4n) is 1.41. The van der Waals surface area contributed by atoms with E-state index in [9.17, 15) is 4.79 Å². The van der Waals surface area contributed by atoms with Crippen LogP contribution < -0.4 is 21.7 Å². The number of amides is 2. The second kappa shape index (κ2) is 6.31. The summed E-state index contributed by atoms with van der Waals surface area (Å²) in [7, 11) is 1.71. The Morgan fingerprint density at radius 1 is 1.30 bits per heavy atom. The third-order valence-electron chi connectivity index (χ3n) is 2.26. The van der Waals surface area contributed by atoms with Gasteiger partial charge in [-0.3, -0.25) is 0 Å². The van der Waals surface area contributed by atoms with Crippen molar-refractivity contribution in [1.82, 2.24) is 30.0 Å². The highest BCUT2D eigenvalue weighted by Crippen LogP contribution is 2.07. The average Bonchev–Trinajstić information content (AvgIpc) is 2.97. The van der Waals surface area contributed by atoms with Gasteiger partial charge < -0.3 is 21.7 Å². The molecule has 2 amide bonds. The molecule has 0 unspecified atom stereocenters. The predicted octanol–water partition coefficient (Wildman–Crippen LogP) is -0.821. The highest BCUT2D eigenvalue weighted by molar-refractivity contribution is 5.71. The maximum Gasteiger partial charge on any atom is 0.312 e. The van der Waals surface area contributed by atoms with Crippen LogP contribution in [0.15, 0.2) is 18.5 Å². The molecule has 0 spiro atoms. The van der Waals surface area contributed by atoms with E-state index in [1.807, 2.05) is 0 Å². The summed E-state index contributed by atoms with van der Waals surface area (Å²) in [6.45, 7) is 0.807. The van der Waals surface area contributed by atoms with Gasteiger partial charge in [0.05, 0.1) is 0 Å². The van der Waals surface area contributed by atoms with E-state index in [1.165, 1.54) is 4.68 Å². The Labute approximate surface area is 114 Å². The van der Waals surface area contributed by atoms with Crippen molar-refractivity contribution in [2.24, 2.45) is 5.73 Å². The highest BCUT2D eigenvalue weighted by atomic mass is 16.2. The zero-order valence-electron chi connectivity index (χ0n) is 10.9. The molecule has 20 heavy (non-hydrogen) atoms. The largest absolute Gasteiger partial charge is 0.357 e. The molecule has 2 heterocycles. The first-order valence-electron chi connectivity index (χ1n) is 5.90. The molecule has 0 saturated heterocycles. The number of aromatic nitrogens is 5. The van der Waals surface area contributed by atoms with Crippen molar-refractivity contribution in [3.05, 3.63) is 18.5 Å². The third kappa shape index (κ3) is 3.54. The number of nitrogens with zero attached hydrogens (tertiary/aromatic N) is 5. The van der Waals surface area contributed by atoms with E-state index in [-0.39, 0.29) is 0 Å². The molecule has 0 fully saturated rings. The molecule has 2 aromatic rings. The standard InChI is InChI=1S/C10H15N9O/c1-12-8-16-9(14-5-4-13-7(11)20)18-10(17-8)19-6-2-3-15-19/h2-3,6H,4-5H2,1H3,(H3,11,13,20)(H2,12,14,16,17,18). The Morgan fingerprint density at radius 3 is 2.75 bits per heavy atom. The molecular weight excluding hydrogens is 262 g/mol. The normalized spacial score (nSPS) is 10.1. The molecule has 0 aliphatic heterocycles. The Bertz CT molecular complexity index is 568. The van der Waals surface area contributed by atoms with E-state index in [0.29, 0.717) is 30.9 Å². The van der Waals surface area contributed by atoms with Gasteiger partial charge >= 0.3 is 6.03 Å². The number of carbonyl (C=O) groups excluding carboxylic acids is 1. The summed E-state index contributed by atoms with van der Waals surface area (Å²) in [5, 5.41) is 12.3. The maximum atomic E-state index is 10.5. The topological polar surface area (TPSA) is 136 Å². The van der Waals surface area contributed by atoms with Crippen molar-refractivity contribution in [3.8, 4) is 5.95 Å². The molecule has 0 bridgehead atoms. The average molecular weight is 277 g/mol. The predicted molar refractivity (Wildman–Crippen MR) is 72.6 cm³/mol. The van der Waals surface area contributed by atoms with Crippen LogP contribution in [-0.2, 0) is 0 Å². The number of hydrogen-bond acceptors (Lipinski definition) is 7. The number of rotatable bonds is 6. The van der Waals surface area contributed by atoms with E-state index in [4.69, 9.17) is 5.73 Å². The smallest absolute Gasteiger partial charge is 0.312 e. The van der Waals surface area contributed by atoms with Gasteiger partial charge in [0.1, 0.15) is 0 Å². The second-order valence-corrected chi connectivity index (χ2v) is 3.70. The number of hydrogen-bond donors (Lipinski definition) is 4. The Morgan fingerprint density at radius 2 is 2.10 bits per heavy atom. The lowest BCUT2D eigenvalue weighted by molar-refractivity contribution is 0.249. The van der Waals surface area contributed by atoms with Gasteiger partial charge in [0.15, 0.2) is 0 Å². The van der Waals surface area contributed by atoms with Crippen LogP contribution in [-0.4, -0.2) is 50.9 Å². The van der Waals surface area contributed by atoms with Gasteiger partial charge in [-0.15, -0.1) is 0 Å². The van der Waals surface area contributed by atoms with E-state index in [1.54, 1.807) is 25.5 Å². The number of nitrogens with one attached hydrogen (secondary N) is 3. The number of anilines is 2. The van der Waals surface area contributed by atoms with Crippen molar-refractivity contribution < 1.29 is 4.79 Å². The number of urea groups is 1. The first kappa shape index (κ1) is 13.5. The van der Waals surface area contributed by atoms with Gasteiger partial charge in [0.25, 0.3) is 5.95 Å². The fourth-order valence-corrected chi connectivity index (χ4v) is 1.41. The lowest BCUT2D eigenvalue weighted by Gasteiger charge is -2.08. The molecule has 0 aliphatic carbocycles. The van der Waals surface area contributed by atoms with Gasteiger partial charge in [-0.05, 0) is 6.07 Å². The molecule has 2 aromatic heterocycles. The highest BCUT2D eigenvalue weighted by Gasteiger charge is 2.07. The van der Waals surface area contributed by atoms with Crippen LogP contribution in [0.3, 0.4) is 0 Å². The van der Waals surface area contributed by atoms with Gasteiger partial charge in [0.2, 0.25) is 11.9 Å². The van der Waals surface area contributed by atoms with E-state index in [0.717, 1.165) is 0 Å². The van der Waals surface area contributed by atoms with Crippen molar-refractivity contribution in [3.63, 3.8) is 0 Å². The minimum Gasteiger partial charge on any atom is -0.357 e. The summed E-state index contributed by atoms with van der Waals surface area (Å²) >= 11 is 0. The van der Waals surface area contributed by atoms with E-state index in [2.05, 4.69) is 36.0 Å².